The molecule has 0 aromatic heterocycles. The van der Waals surface area contributed by atoms with E-state index in [1.165, 1.54) is 0 Å². The minimum absolute atomic E-state index is 0.0343. The highest BCUT2D eigenvalue weighted by atomic mass is 19.4. The van der Waals surface area contributed by atoms with E-state index in [-0.39, 0.29) is 19.6 Å². The molecule has 0 fully saturated rings. The van der Waals surface area contributed by atoms with Crippen molar-refractivity contribution in [3.05, 3.63) is 89.0 Å². The highest BCUT2D eigenvalue weighted by molar-refractivity contribution is 5.71. The van der Waals surface area contributed by atoms with Gasteiger partial charge < -0.3 is 20.9 Å². The van der Waals surface area contributed by atoms with Gasteiger partial charge in [0.1, 0.15) is 12.4 Å². The standard InChI is InChI=1S/C25H25F3N2O3/c26-25(27,28)16-30-14-18-8-19(11-22(10-18)20-6-3-4-17(9-20)13-29)15-33-23-7-2-1-5-21(23)12-24(31)32/h1-11,30H,12-16,29H2,(H,31,32). The molecular formula is C25H25F3N2O3. The van der Waals surface area contributed by atoms with Crippen molar-refractivity contribution in [2.75, 3.05) is 6.54 Å². The Hall–Kier alpha value is -3.36. The van der Waals surface area contributed by atoms with Crippen LogP contribution in [0.15, 0.2) is 66.7 Å². The number of ether oxygens (including phenoxy) is 1. The third-order valence-corrected chi connectivity index (χ3v) is 4.91. The fourth-order valence-corrected chi connectivity index (χ4v) is 3.46. The Labute approximate surface area is 190 Å². The second-order valence-corrected chi connectivity index (χ2v) is 7.63. The van der Waals surface area contributed by atoms with Crippen molar-refractivity contribution in [1.82, 2.24) is 5.32 Å². The summed E-state index contributed by atoms with van der Waals surface area (Å²) in [4.78, 5) is 11.1. The van der Waals surface area contributed by atoms with E-state index >= 15 is 0 Å². The van der Waals surface area contributed by atoms with Crippen molar-refractivity contribution >= 4 is 5.97 Å². The topological polar surface area (TPSA) is 84.6 Å². The summed E-state index contributed by atoms with van der Waals surface area (Å²) >= 11 is 0. The van der Waals surface area contributed by atoms with Crippen LogP contribution in [-0.2, 0) is 30.9 Å². The second-order valence-electron chi connectivity index (χ2n) is 7.63. The molecule has 174 valence electrons. The molecule has 3 aromatic carbocycles. The minimum Gasteiger partial charge on any atom is -0.489 e. The van der Waals surface area contributed by atoms with Gasteiger partial charge in [-0.05, 0) is 52.1 Å². The van der Waals surface area contributed by atoms with Gasteiger partial charge in [-0.1, -0.05) is 42.5 Å². The van der Waals surface area contributed by atoms with Gasteiger partial charge in [0.25, 0.3) is 0 Å². The molecule has 33 heavy (non-hydrogen) atoms. The molecule has 3 aromatic rings. The number of halogens is 3. The average Bonchev–Trinajstić information content (AvgIpc) is 2.77. The number of para-hydroxylation sites is 1. The van der Waals surface area contributed by atoms with Gasteiger partial charge in [0.2, 0.25) is 0 Å². The summed E-state index contributed by atoms with van der Waals surface area (Å²) in [5.74, 6) is -0.516. The highest BCUT2D eigenvalue weighted by Gasteiger charge is 2.26. The van der Waals surface area contributed by atoms with Crippen LogP contribution in [0.5, 0.6) is 5.75 Å². The Morgan fingerprint density at radius 1 is 0.939 bits per heavy atom. The maximum atomic E-state index is 12.6. The van der Waals surface area contributed by atoms with Crippen LogP contribution in [-0.4, -0.2) is 23.8 Å². The summed E-state index contributed by atoms with van der Waals surface area (Å²) in [6, 6.07) is 20.0. The number of benzene rings is 3. The van der Waals surface area contributed by atoms with Gasteiger partial charge in [-0.3, -0.25) is 4.79 Å². The summed E-state index contributed by atoms with van der Waals surface area (Å²) in [6.07, 6.45) is -4.47. The van der Waals surface area contributed by atoms with Gasteiger partial charge in [0.15, 0.2) is 0 Å². The number of alkyl halides is 3. The van der Waals surface area contributed by atoms with Gasteiger partial charge in [-0.25, -0.2) is 0 Å². The molecule has 0 heterocycles. The zero-order valence-corrected chi connectivity index (χ0v) is 17.9. The van der Waals surface area contributed by atoms with Crippen LogP contribution < -0.4 is 15.8 Å². The smallest absolute Gasteiger partial charge is 0.401 e. The molecule has 0 amide bonds. The zero-order chi connectivity index (χ0) is 23.8. The number of carboxylic acids is 1. The fraction of sp³-hybridized carbons (Fsp3) is 0.240. The summed E-state index contributed by atoms with van der Waals surface area (Å²) < 4.78 is 43.6. The number of carboxylic acid groups (broad SMARTS) is 1. The quantitative estimate of drug-likeness (QED) is 0.411. The molecule has 0 aliphatic heterocycles. The summed E-state index contributed by atoms with van der Waals surface area (Å²) in [5, 5.41) is 11.5. The van der Waals surface area contributed by atoms with E-state index in [1.807, 2.05) is 36.4 Å². The molecule has 5 nitrogen and oxygen atoms in total. The van der Waals surface area contributed by atoms with Gasteiger partial charge in [0, 0.05) is 18.7 Å². The lowest BCUT2D eigenvalue weighted by atomic mass is 9.98. The van der Waals surface area contributed by atoms with Crippen LogP contribution in [0.2, 0.25) is 0 Å². The first-order chi connectivity index (χ1) is 15.7. The van der Waals surface area contributed by atoms with E-state index in [2.05, 4.69) is 5.32 Å². The fourth-order valence-electron chi connectivity index (χ4n) is 3.46. The van der Waals surface area contributed by atoms with Crippen LogP contribution >= 0.6 is 0 Å². The van der Waals surface area contributed by atoms with Gasteiger partial charge in [-0.2, -0.15) is 13.2 Å². The maximum absolute atomic E-state index is 12.6. The largest absolute Gasteiger partial charge is 0.489 e. The summed E-state index contributed by atoms with van der Waals surface area (Å²) in [6.45, 7) is -0.550. The van der Waals surface area contributed by atoms with Gasteiger partial charge in [0.05, 0.1) is 13.0 Å². The SMILES string of the molecule is NCc1cccc(-c2cc(CNCC(F)(F)F)cc(COc3ccccc3CC(=O)O)c2)c1. The molecule has 8 heteroatoms. The molecule has 0 aliphatic rings. The second kappa shape index (κ2) is 11.0. The first kappa shape index (κ1) is 24.3. The molecule has 0 spiro atoms. The number of rotatable bonds is 10. The number of aliphatic carboxylic acids is 1. The molecule has 0 unspecified atom stereocenters. The number of carbonyl (C=O) groups is 1. The number of nitrogens with two attached hydrogens (primary N) is 1. The lowest BCUT2D eigenvalue weighted by Crippen LogP contribution is -2.28. The zero-order valence-electron chi connectivity index (χ0n) is 17.9. The van der Waals surface area contributed by atoms with Gasteiger partial charge in [-0.15, -0.1) is 0 Å². The Morgan fingerprint density at radius 2 is 1.67 bits per heavy atom. The Bertz CT molecular complexity index is 1100. The molecule has 0 atom stereocenters. The van der Waals surface area contributed by atoms with Crippen LogP contribution in [0.4, 0.5) is 13.2 Å². The molecule has 0 saturated heterocycles. The molecule has 3 rings (SSSR count). The van der Waals surface area contributed by atoms with E-state index in [1.54, 1.807) is 30.3 Å². The summed E-state index contributed by atoms with van der Waals surface area (Å²) in [5.41, 5.74) is 10.4. The van der Waals surface area contributed by atoms with Gasteiger partial charge >= 0.3 is 12.1 Å². The Morgan fingerprint density at radius 3 is 2.39 bits per heavy atom. The first-order valence-corrected chi connectivity index (χ1v) is 10.4. The molecule has 0 bridgehead atoms. The van der Waals surface area contributed by atoms with Crippen molar-refractivity contribution in [2.45, 2.75) is 32.3 Å². The van der Waals surface area contributed by atoms with E-state index in [0.29, 0.717) is 23.4 Å². The number of nitrogens with one attached hydrogen (secondary N) is 1. The monoisotopic (exact) mass is 458 g/mol. The average molecular weight is 458 g/mol. The molecular weight excluding hydrogens is 433 g/mol. The third kappa shape index (κ3) is 7.62. The van der Waals surface area contributed by atoms with Crippen LogP contribution in [0, 0.1) is 0 Å². The van der Waals surface area contributed by atoms with Crippen LogP contribution in [0.25, 0.3) is 11.1 Å². The van der Waals surface area contributed by atoms with Crippen LogP contribution in [0.3, 0.4) is 0 Å². The molecule has 0 radical (unpaired) electrons. The summed E-state index contributed by atoms with van der Waals surface area (Å²) in [7, 11) is 0. The Balaban J connectivity index is 1.86. The first-order valence-electron chi connectivity index (χ1n) is 10.4. The lowest BCUT2D eigenvalue weighted by Gasteiger charge is -2.14. The van der Waals surface area contributed by atoms with Crippen molar-refractivity contribution in [2.24, 2.45) is 5.73 Å². The van der Waals surface area contributed by atoms with Crippen molar-refractivity contribution < 1.29 is 27.8 Å². The highest BCUT2D eigenvalue weighted by Crippen LogP contribution is 2.26. The van der Waals surface area contributed by atoms with Crippen LogP contribution in [0.1, 0.15) is 22.3 Å². The van der Waals surface area contributed by atoms with E-state index in [9.17, 15) is 18.0 Å². The predicted molar refractivity (Wildman–Crippen MR) is 120 cm³/mol. The number of hydrogen-bond donors (Lipinski definition) is 3. The molecule has 0 saturated carbocycles. The minimum atomic E-state index is -4.30. The van der Waals surface area contributed by atoms with E-state index in [0.717, 1.165) is 22.3 Å². The normalized spacial score (nSPS) is 11.4. The molecule has 4 N–H and O–H groups in total. The van der Waals surface area contributed by atoms with E-state index in [4.69, 9.17) is 15.6 Å². The predicted octanol–water partition coefficient (Wildman–Crippen LogP) is 4.67. The maximum Gasteiger partial charge on any atom is 0.401 e. The Kier molecular flexibility index (Phi) is 8.08. The van der Waals surface area contributed by atoms with E-state index < -0.39 is 18.7 Å². The van der Waals surface area contributed by atoms with Crippen molar-refractivity contribution in [3.63, 3.8) is 0 Å². The lowest BCUT2D eigenvalue weighted by molar-refractivity contribution is -0.136. The number of hydrogen-bond acceptors (Lipinski definition) is 4. The van der Waals surface area contributed by atoms with Crippen molar-refractivity contribution in [1.29, 1.82) is 0 Å². The third-order valence-electron chi connectivity index (χ3n) is 4.91. The van der Waals surface area contributed by atoms with Crippen molar-refractivity contribution in [3.8, 4) is 16.9 Å². The molecule has 0 aliphatic carbocycles.